The topological polar surface area (TPSA) is 100 Å². The third kappa shape index (κ3) is 4.12. The number of nitrogens with one attached hydrogen (secondary N) is 1. The molecule has 0 saturated heterocycles. The van der Waals surface area contributed by atoms with Crippen molar-refractivity contribution in [3.63, 3.8) is 0 Å². The number of amides is 2. The number of aliphatic carboxylic acids is 1. The third-order valence-electron chi connectivity index (χ3n) is 5.26. The molecule has 1 aliphatic rings. The maximum Gasteiger partial charge on any atom is 0.318 e. The van der Waals surface area contributed by atoms with Crippen molar-refractivity contribution in [3.8, 4) is 17.2 Å². The van der Waals surface area contributed by atoms with Gasteiger partial charge in [-0.05, 0) is 54.3 Å². The molecular formula is C22H25N2O6-. The number of hydrogen-bond donors (Lipinski definition) is 1. The molecule has 0 aromatic heterocycles. The van der Waals surface area contributed by atoms with E-state index in [0.717, 1.165) is 16.7 Å². The second-order valence-corrected chi connectivity index (χ2v) is 7.02. The van der Waals surface area contributed by atoms with Crippen molar-refractivity contribution in [1.29, 1.82) is 0 Å². The van der Waals surface area contributed by atoms with Gasteiger partial charge in [0.25, 0.3) is 0 Å². The minimum Gasteiger partial charge on any atom is -0.548 e. The van der Waals surface area contributed by atoms with Gasteiger partial charge < -0.3 is 34.3 Å². The quantitative estimate of drug-likeness (QED) is 0.771. The van der Waals surface area contributed by atoms with Crippen molar-refractivity contribution in [2.24, 2.45) is 0 Å². The molecule has 30 heavy (non-hydrogen) atoms. The first kappa shape index (κ1) is 21.3. The molecule has 8 nitrogen and oxygen atoms in total. The van der Waals surface area contributed by atoms with Gasteiger partial charge in [0, 0.05) is 6.54 Å². The number of ether oxygens (including phenoxy) is 3. The maximum atomic E-state index is 13.0. The van der Waals surface area contributed by atoms with E-state index in [1.165, 1.54) is 6.92 Å². The first-order valence-corrected chi connectivity index (χ1v) is 9.56. The van der Waals surface area contributed by atoms with Crippen LogP contribution in [0.15, 0.2) is 36.4 Å². The van der Waals surface area contributed by atoms with Crippen molar-refractivity contribution < 1.29 is 28.9 Å². The molecule has 1 heterocycles. The van der Waals surface area contributed by atoms with E-state index < -0.39 is 24.1 Å². The number of fused-ring (bicyclic) bond motifs is 1. The van der Waals surface area contributed by atoms with Crippen LogP contribution in [-0.4, -0.2) is 50.8 Å². The monoisotopic (exact) mass is 413 g/mol. The molecule has 3 rings (SSSR count). The summed E-state index contributed by atoms with van der Waals surface area (Å²) in [7, 11) is 4.72. The standard InChI is InChI=1S/C22H26N2O6/c1-13(21(25)26)23-22(27)24-10-9-15-11-18(29-3)19(30-4)12-17(15)20(24)14-5-7-16(28-2)8-6-14/h5-8,11-13,20H,9-10H2,1-4H3,(H,23,27)(H,25,26)/p-1/t13-,20-/m0/s1. The number of urea groups is 1. The Morgan fingerprint density at radius 2 is 1.70 bits per heavy atom. The predicted octanol–water partition coefficient (Wildman–Crippen LogP) is 1.51. The summed E-state index contributed by atoms with van der Waals surface area (Å²) in [6.07, 6.45) is 0.593. The lowest BCUT2D eigenvalue weighted by Gasteiger charge is -2.38. The normalized spacial score (nSPS) is 16.3. The summed E-state index contributed by atoms with van der Waals surface area (Å²) in [5.41, 5.74) is 2.78. The second-order valence-electron chi connectivity index (χ2n) is 7.02. The van der Waals surface area contributed by atoms with Gasteiger partial charge in [-0.25, -0.2) is 4.79 Å². The maximum absolute atomic E-state index is 13.0. The average molecular weight is 413 g/mol. The van der Waals surface area contributed by atoms with Gasteiger partial charge in [0.1, 0.15) is 5.75 Å². The number of carboxylic acids is 1. The Hall–Kier alpha value is -3.42. The van der Waals surface area contributed by atoms with Gasteiger partial charge in [-0.2, -0.15) is 0 Å². The molecule has 0 unspecified atom stereocenters. The van der Waals surface area contributed by atoms with E-state index in [0.29, 0.717) is 30.2 Å². The van der Waals surface area contributed by atoms with Crippen LogP contribution in [0.2, 0.25) is 0 Å². The largest absolute Gasteiger partial charge is 0.548 e. The molecule has 0 saturated carbocycles. The van der Waals surface area contributed by atoms with E-state index in [2.05, 4.69) is 5.32 Å². The van der Waals surface area contributed by atoms with Crippen molar-refractivity contribution in [2.45, 2.75) is 25.4 Å². The van der Waals surface area contributed by atoms with Gasteiger partial charge in [0.15, 0.2) is 11.5 Å². The summed E-state index contributed by atoms with van der Waals surface area (Å²) in [6.45, 7) is 1.78. The summed E-state index contributed by atoms with van der Waals surface area (Å²) >= 11 is 0. The number of nitrogens with zero attached hydrogens (tertiary/aromatic N) is 1. The number of hydrogen-bond acceptors (Lipinski definition) is 6. The SMILES string of the molecule is COc1ccc([C@H]2c3cc(OC)c(OC)cc3CCN2C(=O)N[C@@H](C)C(=O)[O-])cc1. The van der Waals surface area contributed by atoms with Crippen LogP contribution in [0, 0.1) is 0 Å². The lowest BCUT2D eigenvalue weighted by atomic mass is 9.87. The molecule has 0 spiro atoms. The molecule has 0 aliphatic carbocycles. The van der Waals surface area contributed by atoms with E-state index in [9.17, 15) is 14.7 Å². The van der Waals surface area contributed by atoms with Crippen molar-refractivity contribution in [1.82, 2.24) is 10.2 Å². The number of carbonyl (C=O) groups excluding carboxylic acids is 2. The number of methoxy groups -OCH3 is 3. The summed E-state index contributed by atoms with van der Waals surface area (Å²) in [5, 5.41) is 13.6. The van der Waals surface area contributed by atoms with Crippen LogP contribution >= 0.6 is 0 Å². The summed E-state index contributed by atoms with van der Waals surface area (Å²) < 4.78 is 16.1. The average Bonchev–Trinajstić information content (AvgIpc) is 2.77. The Balaban J connectivity index is 2.07. The fourth-order valence-corrected chi connectivity index (χ4v) is 3.64. The van der Waals surface area contributed by atoms with Crippen LogP contribution in [0.25, 0.3) is 0 Å². The zero-order valence-electron chi connectivity index (χ0n) is 17.4. The Labute approximate surface area is 175 Å². The Bertz CT molecular complexity index is 928. The van der Waals surface area contributed by atoms with E-state index in [4.69, 9.17) is 14.2 Å². The van der Waals surface area contributed by atoms with Gasteiger partial charge >= 0.3 is 6.03 Å². The molecule has 0 bridgehead atoms. The molecular weight excluding hydrogens is 388 g/mol. The van der Waals surface area contributed by atoms with Crippen molar-refractivity contribution in [2.75, 3.05) is 27.9 Å². The van der Waals surface area contributed by atoms with Gasteiger partial charge in [-0.3, -0.25) is 0 Å². The predicted molar refractivity (Wildman–Crippen MR) is 108 cm³/mol. The fraction of sp³-hybridized carbons (Fsp3) is 0.364. The Morgan fingerprint density at radius 3 is 2.27 bits per heavy atom. The van der Waals surface area contributed by atoms with Crippen LogP contribution in [0.1, 0.15) is 29.7 Å². The molecule has 2 aromatic rings. The fourth-order valence-electron chi connectivity index (χ4n) is 3.64. The first-order chi connectivity index (χ1) is 14.4. The molecule has 1 aliphatic heterocycles. The molecule has 0 radical (unpaired) electrons. The number of carbonyl (C=O) groups is 2. The van der Waals surface area contributed by atoms with Crippen LogP contribution in [0.5, 0.6) is 17.2 Å². The highest BCUT2D eigenvalue weighted by molar-refractivity contribution is 5.82. The molecule has 160 valence electrons. The van der Waals surface area contributed by atoms with E-state index in [1.807, 2.05) is 36.4 Å². The zero-order valence-corrected chi connectivity index (χ0v) is 17.4. The minimum absolute atomic E-state index is 0.408. The van der Waals surface area contributed by atoms with Crippen LogP contribution in [-0.2, 0) is 11.2 Å². The number of rotatable bonds is 6. The van der Waals surface area contributed by atoms with Crippen LogP contribution < -0.4 is 24.6 Å². The van der Waals surface area contributed by atoms with E-state index in [-0.39, 0.29) is 0 Å². The molecule has 2 amide bonds. The van der Waals surface area contributed by atoms with Gasteiger partial charge in [0.2, 0.25) is 0 Å². The lowest BCUT2D eigenvalue weighted by Crippen LogP contribution is -2.52. The third-order valence-corrected chi connectivity index (χ3v) is 5.26. The molecule has 8 heteroatoms. The van der Waals surface area contributed by atoms with Gasteiger partial charge in [-0.15, -0.1) is 0 Å². The van der Waals surface area contributed by atoms with Crippen LogP contribution in [0.4, 0.5) is 4.79 Å². The smallest absolute Gasteiger partial charge is 0.318 e. The lowest BCUT2D eigenvalue weighted by molar-refractivity contribution is -0.307. The molecule has 0 fully saturated rings. The van der Waals surface area contributed by atoms with Crippen molar-refractivity contribution >= 4 is 12.0 Å². The van der Waals surface area contributed by atoms with Crippen molar-refractivity contribution in [3.05, 3.63) is 53.1 Å². The molecule has 2 atom stereocenters. The highest BCUT2D eigenvalue weighted by Crippen LogP contribution is 2.41. The van der Waals surface area contributed by atoms with E-state index in [1.54, 1.807) is 26.2 Å². The van der Waals surface area contributed by atoms with Gasteiger partial charge in [-0.1, -0.05) is 12.1 Å². The summed E-state index contributed by atoms with van der Waals surface area (Å²) in [6, 6.07) is 9.18. The molecule has 1 N–H and O–H groups in total. The second kappa shape index (κ2) is 8.94. The first-order valence-electron chi connectivity index (χ1n) is 9.56. The Morgan fingerprint density at radius 1 is 1.07 bits per heavy atom. The summed E-state index contributed by atoms with van der Waals surface area (Å²) in [5.74, 6) is 0.533. The highest BCUT2D eigenvalue weighted by atomic mass is 16.5. The summed E-state index contributed by atoms with van der Waals surface area (Å²) in [4.78, 5) is 25.7. The van der Waals surface area contributed by atoms with Crippen LogP contribution in [0.3, 0.4) is 0 Å². The Kier molecular flexibility index (Phi) is 6.34. The minimum atomic E-state index is -1.34. The zero-order chi connectivity index (χ0) is 21.8. The molecule has 2 aromatic carbocycles. The van der Waals surface area contributed by atoms with E-state index >= 15 is 0 Å². The number of carboxylic acid groups (broad SMARTS) is 1. The number of benzene rings is 2. The van der Waals surface area contributed by atoms with Gasteiger partial charge in [0.05, 0.1) is 39.4 Å². The highest BCUT2D eigenvalue weighted by Gasteiger charge is 2.34.